The van der Waals surface area contributed by atoms with Crippen LogP contribution in [0, 0.1) is 39.5 Å². The molecule has 4 aromatic heterocycles. The van der Waals surface area contributed by atoms with Crippen LogP contribution in [0.3, 0.4) is 0 Å². The lowest BCUT2D eigenvalue weighted by molar-refractivity contribution is 0.448. The number of hydrogen-bond acceptors (Lipinski definition) is 8. The third-order valence-corrected chi connectivity index (χ3v) is 12.4. The van der Waals surface area contributed by atoms with Crippen molar-refractivity contribution < 1.29 is 18.9 Å². The SMILES string of the molecule is Cc1cc(Oc2ccc3c4ccc(Oc5cc(C)cc(Oc6cc(C)c(-c7ccc(CC(C)C)cc7)cn6)c5)cc4n(-c4ncccn4)c3c2)cc(Oc2cc(C)c(-c3ccc(CC(C)C)cc3)cn2)c1. The zero-order valence-electron chi connectivity index (χ0n) is 41.5. The summed E-state index contributed by atoms with van der Waals surface area (Å²) >= 11 is 0. The molecule has 354 valence electrons. The number of nitrogens with zero attached hydrogens (tertiary/aromatic N) is 5. The summed E-state index contributed by atoms with van der Waals surface area (Å²) in [5.74, 6) is 6.59. The summed E-state index contributed by atoms with van der Waals surface area (Å²) in [7, 11) is 0. The average Bonchev–Trinajstić information content (AvgIpc) is 3.64. The van der Waals surface area contributed by atoms with Crippen LogP contribution in [0.5, 0.6) is 46.3 Å². The third-order valence-electron chi connectivity index (χ3n) is 12.4. The maximum Gasteiger partial charge on any atom is 0.234 e. The van der Waals surface area contributed by atoms with Crippen molar-refractivity contribution in [1.82, 2.24) is 24.5 Å². The van der Waals surface area contributed by atoms with Gasteiger partial charge in [0.2, 0.25) is 17.7 Å². The maximum atomic E-state index is 6.59. The van der Waals surface area contributed by atoms with Crippen LogP contribution < -0.4 is 18.9 Å². The highest BCUT2D eigenvalue weighted by Gasteiger charge is 2.18. The van der Waals surface area contributed by atoms with E-state index >= 15 is 0 Å². The van der Waals surface area contributed by atoms with Crippen LogP contribution in [-0.4, -0.2) is 24.5 Å². The summed E-state index contributed by atoms with van der Waals surface area (Å²) in [6, 6.07) is 47.2. The van der Waals surface area contributed by atoms with Crippen molar-refractivity contribution in [3.05, 3.63) is 198 Å². The van der Waals surface area contributed by atoms with Gasteiger partial charge in [-0.3, -0.25) is 4.57 Å². The Hall–Kier alpha value is -8.30. The van der Waals surface area contributed by atoms with Crippen molar-refractivity contribution >= 4 is 21.8 Å². The first kappa shape index (κ1) is 46.4. The van der Waals surface area contributed by atoms with Crippen LogP contribution >= 0.6 is 0 Å². The zero-order valence-corrected chi connectivity index (χ0v) is 41.5. The molecule has 4 heterocycles. The van der Waals surface area contributed by atoms with Crippen LogP contribution in [0.15, 0.2) is 164 Å². The molecule has 0 saturated carbocycles. The molecular formula is C62H57N5O4. The number of aryl methyl sites for hydroxylation is 4. The molecule has 9 heteroatoms. The normalized spacial score (nSPS) is 11.5. The highest BCUT2D eigenvalue weighted by molar-refractivity contribution is 6.09. The Kier molecular flexibility index (Phi) is 13.1. The lowest BCUT2D eigenvalue weighted by Crippen LogP contribution is -2.00. The van der Waals surface area contributed by atoms with Gasteiger partial charge in [-0.05, 0) is 151 Å². The summed E-state index contributed by atoms with van der Waals surface area (Å²) in [5.41, 5.74) is 13.0. The van der Waals surface area contributed by atoms with Crippen molar-refractivity contribution in [3.8, 4) is 74.5 Å². The number of ether oxygens (including phenoxy) is 4. The van der Waals surface area contributed by atoms with Gasteiger partial charge >= 0.3 is 0 Å². The minimum atomic E-state index is 0.514. The molecule has 10 rings (SSSR count). The summed E-state index contributed by atoms with van der Waals surface area (Å²) in [5, 5.41) is 2.03. The number of hydrogen-bond donors (Lipinski definition) is 0. The largest absolute Gasteiger partial charge is 0.457 e. The Labute approximate surface area is 415 Å². The van der Waals surface area contributed by atoms with E-state index in [2.05, 4.69) is 112 Å². The van der Waals surface area contributed by atoms with Gasteiger partial charge in [-0.15, -0.1) is 0 Å². The molecule has 0 atom stereocenters. The predicted molar refractivity (Wildman–Crippen MR) is 285 cm³/mol. The van der Waals surface area contributed by atoms with Gasteiger partial charge in [0.15, 0.2) is 0 Å². The fourth-order valence-corrected chi connectivity index (χ4v) is 9.26. The monoisotopic (exact) mass is 935 g/mol. The first-order chi connectivity index (χ1) is 34.4. The highest BCUT2D eigenvalue weighted by atomic mass is 16.5. The maximum absolute atomic E-state index is 6.59. The Bertz CT molecular complexity index is 3310. The topological polar surface area (TPSA) is 93.4 Å². The molecule has 0 spiro atoms. The second-order valence-corrected chi connectivity index (χ2v) is 19.4. The molecule has 0 fully saturated rings. The third kappa shape index (κ3) is 10.6. The predicted octanol–water partition coefficient (Wildman–Crippen LogP) is 16.5. The molecule has 0 radical (unpaired) electrons. The van der Waals surface area contributed by atoms with E-state index in [1.54, 1.807) is 12.4 Å². The molecule has 0 aliphatic rings. The van der Waals surface area contributed by atoms with E-state index in [0.717, 1.165) is 79.2 Å². The number of fused-ring (bicyclic) bond motifs is 3. The molecular weight excluding hydrogens is 879 g/mol. The number of aromatic nitrogens is 5. The highest BCUT2D eigenvalue weighted by Crippen LogP contribution is 2.39. The molecule has 10 aromatic rings. The fraction of sp³-hybridized carbons (Fsp3) is 0.194. The standard InChI is InChI=1S/C62H57N5O4/c1-38(2)24-44-10-14-46(15-11-44)56-36-65-60(30-42(56)7)70-52-28-40(5)26-50(32-52)68-48-18-20-54-55-21-19-49(35-59(55)67(58(54)34-48)62-63-22-9-23-64-62)69-51-27-41(6)29-53(33-51)71-61-31-43(8)57(37-66-61)47-16-12-45(13-17-47)25-39(3)4/h9-23,26-39H,24-25H2,1-8H3. The Morgan fingerprint density at radius 1 is 0.423 bits per heavy atom. The summed E-state index contributed by atoms with van der Waals surface area (Å²) < 4.78 is 27.9. The molecule has 71 heavy (non-hydrogen) atoms. The van der Waals surface area contributed by atoms with Crippen LogP contribution in [0.4, 0.5) is 0 Å². The van der Waals surface area contributed by atoms with Gasteiger partial charge in [-0.1, -0.05) is 76.2 Å². The molecule has 0 amide bonds. The molecule has 0 N–H and O–H groups in total. The van der Waals surface area contributed by atoms with Gasteiger partial charge in [0.05, 0.1) is 11.0 Å². The number of pyridine rings is 2. The Balaban J connectivity index is 0.887. The van der Waals surface area contributed by atoms with Gasteiger partial charge in [0.25, 0.3) is 0 Å². The van der Waals surface area contributed by atoms with Crippen molar-refractivity contribution in [2.75, 3.05) is 0 Å². The minimum Gasteiger partial charge on any atom is -0.457 e. The molecule has 0 bridgehead atoms. The first-order valence-electron chi connectivity index (χ1n) is 24.3. The van der Waals surface area contributed by atoms with E-state index in [9.17, 15) is 0 Å². The van der Waals surface area contributed by atoms with E-state index in [4.69, 9.17) is 28.9 Å². The van der Waals surface area contributed by atoms with Crippen molar-refractivity contribution in [2.45, 2.75) is 68.2 Å². The van der Waals surface area contributed by atoms with Crippen LogP contribution in [0.2, 0.25) is 0 Å². The van der Waals surface area contributed by atoms with Gasteiger partial charge in [0, 0.05) is 83.1 Å². The van der Waals surface area contributed by atoms with Gasteiger partial charge < -0.3 is 18.9 Å². The zero-order chi connectivity index (χ0) is 49.2. The molecule has 0 saturated heterocycles. The van der Waals surface area contributed by atoms with Crippen LogP contribution in [-0.2, 0) is 12.8 Å². The van der Waals surface area contributed by atoms with Crippen molar-refractivity contribution in [1.29, 1.82) is 0 Å². The minimum absolute atomic E-state index is 0.514. The summed E-state index contributed by atoms with van der Waals surface area (Å²) in [6.07, 6.45) is 9.38. The second-order valence-electron chi connectivity index (χ2n) is 19.4. The van der Waals surface area contributed by atoms with E-state index in [-0.39, 0.29) is 0 Å². The first-order valence-corrected chi connectivity index (χ1v) is 24.3. The molecule has 0 aliphatic carbocycles. The fourth-order valence-electron chi connectivity index (χ4n) is 9.26. The Morgan fingerprint density at radius 3 is 1.23 bits per heavy atom. The molecule has 0 unspecified atom stereocenters. The molecule has 9 nitrogen and oxygen atoms in total. The van der Waals surface area contributed by atoms with E-state index < -0.39 is 0 Å². The molecule has 6 aromatic carbocycles. The lowest BCUT2D eigenvalue weighted by atomic mass is 9.98. The summed E-state index contributed by atoms with van der Waals surface area (Å²) in [4.78, 5) is 18.8. The second kappa shape index (κ2) is 20.0. The lowest BCUT2D eigenvalue weighted by Gasteiger charge is -2.13. The Morgan fingerprint density at radius 2 is 0.831 bits per heavy atom. The quantitative estimate of drug-likeness (QED) is 0.100. The van der Waals surface area contributed by atoms with Crippen molar-refractivity contribution in [3.63, 3.8) is 0 Å². The van der Waals surface area contributed by atoms with E-state index in [1.165, 1.54) is 11.1 Å². The molecule has 0 aliphatic heterocycles. The van der Waals surface area contributed by atoms with Gasteiger partial charge in [0.1, 0.15) is 34.5 Å². The van der Waals surface area contributed by atoms with Crippen LogP contribution in [0.25, 0.3) is 50.0 Å². The smallest absolute Gasteiger partial charge is 0.234 e. The van der Waals surface area contributed by atoms with Gasteiger partial charge in [-0.2, -0.15) is 0 Å². The van der Waals surface area contributed by atoms with Crippen molar-refractivity contribution in [2.24, 2.45) is 11.8 Å². The summed E-state index contributed by atoms with van der Waals surface area (Å²) in [6.45, 7) is 17.2. The van der Waals surface area contributed by atoms with E-state index in [0.29, 0.717) is 64.0 Å². The van der Waals surface area contributed by atoms with Gasteiger partial charge in [-0.25, -0.2) is 19.9 Å². The van der Waals surface area contributed by atoms with Crippen LogP contribution in [0.1, 0.15) is 61.1 Å². The van der Waals surface area contributed by atoms with E-state index in [1.807, 2.05) is 110 Å². The number of rotatable bonds is 15. The number of benzene rings is 6. The average molecular weight is 936 g/mol.